The van der Waals surface area contributed by atoms with E-state index in [2.05, 4.69) is 39.0 Å². The minimum absolute atomic E-state index is 0.0739. The summed E-state index contributed by atoms with van der Waals surface area (Å²) in [6.07, 6.45) is 4.16. The minimum Gasteiger partial charge on any atom is -0.332 e. The number of fused-ring (bicyclic) bond motifs is 1. The van der Waals surface area contributed by atoms with Crippen molar-refractivity contribution in [2.75, 3.05) is 5.75 Å². The molecule has 3 rings (SSSR count). The molecule has 0 aliphatic carbocycles. The molecule has 1 aliphatic rings. The van der Waals surface area contributed by atoms with Crippen LogP contribution in [-0.4, -0.2) is 41.7 Å². The molecule has 8 heteroatoms. The smallest absolute Gasteiger partial charge is 0.233 e. The highest BCUT2D eigenvalue weighted by atomic mass is 32.2. The lowest BCUT2D eigenvalue weighted by molar-refractivity contribution is -0.128. The largest absolute Gasteiger partial charge is 0.332 e. The molecule has 1 aliphatic heterocycles. The molecule has 22 heavy (non-hydrogen) atoms. The Bertz CT molecular complexity index is 657. The number of carbonyl (C=O) groups is 1. The summed E-state index contributed by atoms with van der Waals surface area (Å²) in [5.74, 6) is 1.80. The van der Waals surface area contributed by atoms with Crippen LogP contribution in [0.15, 0.2) is 17.7 Å². The number of H-pyrrole nitrogens is 1. The van der Waals surface area contributed by atoms with Crippen molar-refractivity contribution in [3.05, 3.63) is 29.6 Å². The van der Waals surface area contributed by atoms with Crippen molar-refractivity contribution in [3.8, 4) is 0 Å². The Morgan fingerprint density at radius 1 is 1.41 bits per heavy atom. The first-order chi connectivity index (χ1) is 10.6. The zero-order chi connectivity index (χ0) is 15.5. The highest BCUT2D eigenvalue weighted by molar-refractivity contribution is 7.99. The molecule has 0 spiro atoms. The highest BCUT2D eigenvalue weighted by Gasteiger charge is 2.25. The van der Waals surface area contributed by atoms with Crippen LogP contribution >= 0.6 is 11.8 Å². The standard InChI is InChI=1S/C14H18N6OS/c1-9(2)3-12-15-4-10-5-20(6-11(10)18-12)13(21)7-22-14-16-8-17-19-14/h4,8-9H,3,5-7H2,1-2H3,(H,16,17,19). The van der Waals surface area contributed by atoms with E-state index in [1.54, 1.807) is 0 Å². The van der Waals surface area contributed by atoms with E-state index in [1.807, 2.05) is 11.1 Å². The van der Waals surface area contributed by atoms with Crippen LogP contribution in [0.5, 0.6) is 0 Å². The number of hydrogen-bond acceptors (Lipinski definition) is 6. The van der Waals surface area contributed by atoms with Crippen LogP contribution in [0.2, 0.25) is 0 Å². The van der Waals surface area contributed by atoms with Gasteiger partial charge in [-0.2, -0.15) is 5.10 Å². The second-order valence-corrected chi connectivity index (χ2v) is 6.65. The van der Waals surface area contributed by atoms with Gasteiger partial charge in [-0.15, -0.1) is 0 Å². The van der Waals surface area contributed by atoms with Crippen LogP contribution in [-0.2, 0) is 24.3 Å². The molecule has 7 nitrogen and oxygen atoms in total. The lowest BCUT2D eigenvalue weighted by Gasteiger charge is -2.13. The van der Waals surface area contributed by atoms with Crippen molar-refractivity contribution in [2.45, 2.75) is 38.5 Å². The average Bonchev–Trinajstić information content (AvgIpc) is 3.12. The van der Waals surface area contributed by atoms with Gasteiger partial charge in [0.05, 0.1) is 18.0 Å². The minimum atomic E-state index is 0.0739. The second kappa shape index (κ2) is 6.43. The molecular formula is C14H18N6OS. The van der Waals surface area contributed by atoms with Crippen molar-refractivity contribution in [2.24, 2.45) is 5.92 Å². The third-order valence-corrected chi connectivity index (χ3v) is 4.24. The fourth-order valence-electron chi connectivity index (χ4n) is 2.32. The molecule has 0 bridgehead atoms. The van der Waals surface area contributed by atoms with E-state index in [0.29, 0.717) is 29.9 Å². The van der Waals surface area contributed by atoms with Crippen LogP contribution < -0.4 is 0 Å². The van der Waals surface area contributed by atoms with E-state index in [-0.39, 0.29) is 5.91 Å². The Morgan fingerprint density at radius 2 is 2.27 bits per heavy atom. The number of hydrogen-bond donors (Lipinski definition) is 1. The lowest BCUT2D eigenvalue weighted by Crippen LogP contribution is -2.27. The maximum absolute atomic E-state index is 12.3. The van der Waals surface area contributed by atoms with Crippen molar-refractivity contribution >= 4 is 17.7 Å². The number of aromatic nitrogens is 5. The average molecular weight is 318 g/mol. The molecule has 2 aromatic rings. The Morgan fingerprint density at radius 3 is 3.00 bits per heavy atom. The van der Waals surface area contributed by atoms with Crippen LogP contribution in [0, 0.1) is 5.92 Å². The number of nitrogens with zero attached hydrogens (tertiary/aromatic N) is 5. The van der Waals surface area contributed by atoms with E-state index in [4.69, 9.17) is 0 Å². The summed E-state index contributed by atoms with van der Waals surface area (Å²) >= 11 is 1.36. The quantitative estimate of drug-likeness (QED) is 0.839. The summed E-state index contributed by atoms with van der Waals surface area (Å²) in [6, 6.07) is 0. The van der Waals surface area contributed by atoms with Crippen LogP contribution in [0.25, 0.3) is 0 Å². The van der Waals surface area contributed by atoms with Gasteiger partial charge >= 0.3 is 0 Å². The summed E-state index contributed by atoms with van der Waals surface area (Å²) in [5, 5.41) is 7.15. The third kappa shape index (κ3) is 3.44. The predicted octanol–water partition coefficient (Wildman–Crippen LogP) is 1.43. The molecule has 2 aromatic heterocycles. The number of carbonyl (C=O) groups excluding carboxylic acids is 1. The predicted molar refractivity (Wildman–Crippen MR) is 81.9 cm³/mol. The Kier molecular flexibility index (Phi) is 4.37. The van der Waals surface area contributed by atoms with Gasteiger partial charge in [-0.3, -0.25) is 9.89 Å². The zero-order valence-electron chi connectivity index (χ0n) is 12.6. The van der Waals surface area contributed by atoms with Gasteiger partial charge in [-0.25, -0.2) is 15.0 Å². The normalized spacial score (nSPS) is 13.7. The summed E-state index contributed by atoms with van der Waals surface area (Å²) in [7, 11) is 0. The SMILES string of the molecule is CC(C)Cc1ncc2c(n1)CN(C(=O)CSc1ncn[nH]1)C2. The molecule has 0 fully saturated rings. The molecule has 0 saturated heterocycles. The summed E-state index contributed by atoms with van der Waals surface area (Å²) in [5.41, 5.74) is 2.02. The number of nitrogens with one attached hydrogen (secondary N) is 1. The van der Waals surface area contributed by atoms with E-state index < -0.39 is 0 Å². The van der Waals surface area contributed by atoms with Crippen LogP contribution in [0.3, 0.4) is 0 Å². The number of thioether (sulfide) groups is 1. The lowest BCUT2D eigenvalue weighted by atomic mass is 10.1. The number of aromatic amines is 1. The van der Waals surface area contributed by atoms with Gasteiger partial charge in [-0.1, -0.05) is 25.6 Å². The summed E-state index contributed by atoms with van der Waals surface area (Å²) in [6.45, 7) is 5.45. The molecule has 116 valence electrons. The Labute approximate surface area is 133 Å². The highest BCUT2D eigenvalue weighted by Crippen LogP contribution is 2.22. The van der Waals surface area contributed by atoms with Crippen LogP contribution in [0.4, 0.5) is 0 Å². The first kappa shape index (κ1) is 15.0. The van der Waals surface area contributed by atoms with E-state index in [1.165, 1.54) is 18.1 Å². The van der Waals surface area contributed by atoms with Gasteiger partial charge in [-0.05, 0) is 5.92 Å². The van der Waals surface area contributed by atoms with Crippen LogP contribution in [0.1, 0.15) is 30.9 Å². The molecule has 0 radical (unpaired) electrons. The third-order valence-electron chi connectivity index (χ3n) is 3.37. The summed E-state index contributed by atoms with van der Waals surface area (Å²) < 4.78 is 0. The monoisotopic (exact) mass is 318 g/mol. The first-order valence-corrected chi connectivity index (χ1v) is 8.20. The molecule has 1 amide bonds. The van der Waals surface area contributed by atoms with Gasteiger partial charge in [0.15, 0.2) is 5.16 Å². The first-order valence-electron chi connectivity index (χ1n) is 7.21. The maximum Gasteiger partial charge on any atom is 0.233 e. The van der Waals surface area contributed by atoms with Crippen molar-refractivity contribution < 1.29 is 4.79 Å². The van der Waals surface area contributed by atoms with Crippen molar-refractivity contribution in [3.63, 3.8) is 0 Å². The Balaban J connectivity index is 1.60. The molecule has 1 N–H and O–H groups in total. The topological polar surface area (TPSA) is 87.7 Å². The molecule has 0 saturated carbocycles. The van der Waals surface area contributed by atoms with Gasteiger partial charge in [0.1, 0.15) is 12.2 Å². The van der Waals surface area contributed by atoms with Gasteiger partial charge in [0.25, 0.3) is 0 Å². The molecule has 0 atom stereocenters. The van der Waals surface area contributed by atoms with Crippen molar-refractivity contribution in [1.82, 2.24) is 30.0 Å². The van der Waals surface area contributed by atoms with E-state index >= 15 is 0 Å². The number of rotatable bonds is 5. The van der Waals surface area contributed by atoms with Gasteiger partial charge in [0, 0.05) is 24.7 Å². The zero-order valence-corrected chi connectivity index (χ0v) is 13.4. The fraction of sp³-hybridized carbons (Fsp3) is 0.500. The van der Waals surface area contributed by atoms with Crippen molar-refractivity contribution in [1.29, 1.82) is 0 Å². The molecule has 3 heterocycles. The second-order valence-electron chi connectivity index (χ2n) is 5.69. The van der Waals surface area contributed by atoms with E-state index in [9.17, 15) is 4.79 Å². The fourth-order valence-corrected chi connectivity index (χ4v) is 3.00. The van der Waals surface area contributed by atoms with E-state index in [0.717, 1.165) is 23.5 Å². The molecule has 0 aromatic carbocycles. The summed E-state index contributed by atoms with van der Waals surface area (Å²) in [4.78, 5) is 27.1. The maximum atomic E-state index is 12.3. The Hall–Kier alpha value is -1.96. The van der Waals surface area contributed by atoms with Gasteiger partial charge < -0.3 is 4.90 Å². The molecule has 0 unspecified atom stereocenters. The molecular weight excluding hydrogens is 300 g/mol. The number of amides is 1. The van der Waals surface area contributed by atoms with Gasteiger partial charge in [0.2, 0.25) is 5.91 Å².